The second kappa shape index (κ2) is 16.8. The van der Waals surface area contributed by atoms with Gasteiger partial charge in [0.15, 0.2) is 16.9 Å². The van der Waals surface area contributed by atoms with E-state index >= 15 is 0 Å². The van der Waals surface area contributed by atoms with Gasteiger partial charge in [0.25, 0.3) is 0 Å². The van der Waals surface area contributed by atoms with E-state index in [0.717, 1.165) is 62.4 Å². The Morgan fingerprint density at radius 1 is 0.375 bits per heavy atom. The van der Waals surface area contributed by atoms with Gasteiger partial charge in [-0.3, -0.25) is 9.13 Å². The van der Waals surface area contributed by atoms with E-state index in [-0.39, 0.29) is 27.8 Å². The summed E-state index contributed by atoms with van der Waals surface area (Å²) in [6.45, 7) is 13.7. The molecule has 5 heteroatoms. The summed E-state index contributed by atoms with van der Waals surface area (Å²) < 4.78 is 25.1. The van der Waals surface area contributed by atoms with Crippen molar-refractivity contribution >= 4 is 38.9 Å². The third kappa shape index (κ3) is 7.92. The zero-order chi connectivity index (χ0) is 39.5. The predicted molar refractivity (Wildman–Crippen MR) is 243 cm³/mol. The van der Waals surface area contributed by atoms with Crippen molar-refractivity contribution in [1.29, 1.82) is 0 Å². The molecule has 0 radical (unpaired) electrons. The van der Waals surface area contributed by atoms with Gasteiger partial charge in [-0.05, 0) is 96.9 Å². The van der Waals surface area contributed by atoms with Gasteiger partial charge in [0, 0.05) is 0 Å². The van der Waals surface area contributed by atoms with Gasteiger partial charge in [0.2, 0.25) is 0 Å². The van der Waals surface area contributed by atoms with Crippen LogP contribution in [0.3, 0.4) is 0 Å². The Morgan fingerprint density at radius 3 is 0.875 bits per heavy atom. The van der Waals surface area contributed by atoms with E-state index < -0.39 is 0 Å². The normalized spacial score (nSPS) is 12.0. The average molecular weight is 787 g/mol. The molecule has 56 heavy (non-hydrogen) atoms. The Labute approximate surface area is 340 Å². The van der Waals surface area contributed by atoms with Crippen molar-refractivity contribution in [3.63, 3.8) is 0 Å². The van der Waals surface area contributed by atoms with Gasteiger partial charge in [-0.1, -0.05) is 187 Å². The van der Waals surface area contributed by atoms with E-state index in [1.165, 1.54) is 44.7 Å². The predicted octanol–water partition coefficient (Wildman–Crippen LogP) is 15.3. The molecular weight excluding hydrogens is 739 g/mol. The minimum atomic E-state index is -0.148. The number of hydrogen-bond acceptors (Lipinski definition) is 3. The van der Waals surface area contributed by atoms with Crippen molar-refractivity contribution in [3.8, 4) is 65.4 Å². The van der Waals surface area contributed by atoms with E-state index in [1.54, 1.807) is 0 Å². The highest BCUT2D eigenvalue weighted by molar-refractivity contribution is 7.46. The lowest BCUT2D eigenvalue weighted by atomic mass is 9.77. The van der Waals surface area contributed by atoms with Crippen LogP contribution in [0.4, 0.5) is 0 Å². The standard InChI is InChI=1S/C51H48O2P2S/c1-7-50(4,5)44-30-26-40(27-31-44)36-14-10-34(11-15-36)38-18-22-42(23-19-38)48-46(54-52)47(55-53)49(56-48)43-24-20-39(21-25-43)35-12-16-37(17-13-35)41-28-32-45(33-29-41)51(6,8-2)9-3/h10-33H,7-9H2,1-6H3. The van der Waals surface area contributed by atoms with Crippen LogP contribution in [0.2, 0.25) is 0 Å². The van der Waals surface area contributed by atoms with Crippen molar-refractivity contribution in [2.75, 3.05) is 0 Å². The molecule has 1 heterocycles. The van der Waals surface area contributed by atoms with Gasteiger partial charge < -0.3 is 0 Å². The first-order valence-corrected chi connectivity index (χ1v) is 22.0. The van der Waals surface area contributed by atoms with Gasteiger partial charge in [0.05, 0.1) is 20.4 Å². The SMILES string of the molecule is CCC(C)(C)c1ccc(-c2ccc(-c3ccc(-c4sc(-c5ccc(-c6ccc(-c7ccc(C(C)(CC)CC)cc7)cc6)cc5)c(P=O)c4P=O)cc3)cc2)cc1. The zero-order valence-electron chi connectivity index (χ0n) is 33.1. The average Bonchev–Trinajstić information content (AvgIpc) is 3.65. The summed E-state index contributed by atoms with van der Waals surface area (Å²) in [5, 5.41) is 1.16. The number of benzene rings is 6. The fourth-order valence-electron chi connectivity index (χ4n) is 7.35. The summed E-state index contributed by atoms with van der Waals surface area (Å²) in [6, 6.07) is 52.1. The van der Waals surface area contributed by atoms with Crippen LogP contribution in [0.25, 0.3) is 65.4 Å². The monoisotopic (exact) mass is 786 g/mol. The smallest absolute Gasteiger partial charge is 0.194 e. The lowest BCUT2D eigenvalue weighted by Gasteiger charge is -2.27. The fourth-order valence-corrected chi connectivity index (χ4v) is 10.2. The summed E-state index contributed by atoms with van der Waals surface area (Å²) >= 11 is 1.54. The molecule has 0 saturated carbocycles. The highest BCUT2D eigenvalue weighted by Gasteiger charge is 2.23. The molecule has 0 spiro atoms. The van der Waals surface area contributed by atoms with Crippen molar-refractivity contribution < 1.29 is 9.13 Å². The molecule has 0 amide bonds. The quantitative estimate of drug-likeness (QED) is 0.109. The number of rotatable bonds is 13. The Balaban J connectivity index is 1.08. The van der Waals surface area contributed by atoms with E-state index in [2.05, 4.69) is 187 Å². The molecule has 0 aliphatic carbocycles. The second-order valence-electron chi connectivity index (χ2n) is 15.6. The molecule has 0 saturated heterocycles. The van der Waals surface area contributed by atoms with Gasteiger partial charge in [-0.2, -0.15) is 0 Å². The van der Waals surface area contributed by atoms with Crippen LogP contribution in [0.1, 0.15) is 71.9 Å². The molecule has 280 valence electrons. The summed E-state index contributed by atoms with van der Waals surface area (Å²) in [5.41, 5.74) is 14.3. The Kier molecular flexibility index (Phi) is 11.8. The molecule has 2 nitrogen and oxygen atoms in total. The number of thiophene rings is 1. The Bertz CT molecular complexity index is 2440. The molecule has 7 rings (SSSR count). The first-order chi connectivity index (χ1) is 27.1. The highest BCUT2D eigenvalue weighted by Crippen LogP contribution is 2.38. The van der Waals surface area contributed by atoms with Crippen molar-refractivity contribution in [2.45, 2.75) is 71.6 Å². The fraction of sp³-hybridized carbons (Fsp3) is 0.216. The first-order valence-electron chi connectivity index (χ1n) is 19.6. The minimum Gasteiger partial charge on any atom is -0.269 e. The Morgan fingerprint density at radius 2 is 0.625 bits per heavy atom. The zero-order valence-corrected chi connectivity index (χ0v) is 35.7. The van der Waals surface area contributed by atoms with Gasteiger partial charge in [-0.25, -0.2) is 0 Å². The summed E-state index contributed by atoms with van der Waals surface area (Å²) in [7, 11) is -0.296. The van der Waals surface area contributed by atoms with Crippen molar-refractivity contribution in [3.05, 3.63) is 157 Å². The molecule has 6 aromatic carbocycles. The maximum Gasteiger partial charge on any atom is 0.194 e. The third-order valence-electron chi connectivity index (χ3n) is 12.1. The van der Waals surface area contributed by atoms with Crippen molar-refractivity contribution in [1.82, 2.24) is 0 Å². The van der Waals surface area contributed by atoms with Crippen LogP contribution in [-0.4, -0.2) is 0 Å². The second-order valence-corrected chi connectivity index (χ2v) is 17.9. The molecular formula is C51H48O2P2S. The van der Waals surface area contributed by atoms with Gasteiger partial charge >= 0.3 is 0 Å². The minimum absolute atomic E-state index is 0.148. The maximum absolute atomic E-state index is 12.6. The summed E-state index contributed by atoms with van der Waals surface area (Å²) in [5.74, 6) is 0. The van der Waals surface area contributed by atoms with Crippen LogP contribution >= 0.6 is 28.3 Å². The van der Waals surface area contributed by atoms with E-state index in [1.807, 2.05) is 0 Å². The summed E-state index contributed by atoms with van der Waals surface area (Å²) in [6.07, 6.45) is 3.35. The molecule has 0 bridgehead atoms. The molecule has 0 N–H and O–H groups in total. The molecule has 7 aromatic rings. The van der Waals surface area contributed by atoms with Crippen molar-refractivity contribution in [2.24, 2.45) is 0 Å². The van der Waals surface area contributed by atoms with Gasteiger partial charge in [0.1, 0.15) is 0 Å². The highest BCUT2D eigenvalue weighted by atomic mass is 32.1. The molecule has 1 aromatic heterocycles. The largest absolute Gasteiger partial charge is 0.269 e. The van der Waals surface area contributed by atoms with Crippen LogP contribution in [0.15, 0.2) is 146 Å². The molecule has 0 aliphatic rings. The lowest BCUT2D eigenvalue weighted by Crippen LogP contribution is -2.19. The first kappa shape index (κ1) is 39.5. The topological polar surface area (TPSA) is 34.1 Å². The lowest BCUT2D eigenvalue weighted by molar-refractivity contribution is 0.439. The van der Waals surface area contributed by atoms with Crippen LogP contribution in [0, 0.1) is 0 Å². The molecule has 0 fully saturated rings. The van der Waals surface area contributed by atoms with Crippen LogP contribution in [0.5, 0.6) is 0 Å². The van der Waals surface area contributed by atoms with E-state index in [9.17, 15) is 9.13 Å². The van der Waals surface area contributed by atoms with Crippen LogP contribution in [-0.2, 0) is 20.0 Å². The molecule has 0 aliphatic heterocycles. The van der Waals surface area contributed by atoms with Gasteiger partial charge in [-0.15, -0.1) is 11.3 Å². The third-order valence-corrected chi connectivity index (χ3v) is 15.2. The van der Waals surface area contributed by atoms with E-state index in [4.69, 9.17) is 0 Å². The number of hydrogen-bond donors (Lipinski definition) is 0. The van der Waals surface area contributed by atoms with E-state index in [0.29, 0.717) is 10.6 Å². The summed E-state index contributed by atoms with van der Waals surface area (Å²) in [4.78, 5) is 1.74. The molecule has 0 unspecified atom stereocenters. The maximum atomic E-state index is 12.6. The Hall–Kier alpha value is -4.78. The molecule has 0 atom stereocenters. The van der Waals surface area contributed by atoms with Crippen LogP contribution < -0.4 is 10.6 Å².